The largest absolute Gasteiger partial charge is 0.395 e. The molecular weight excluding hydrogens is 331 g/mol. The number of aliphatic hydroxyl groups is 2. The lowest BCUT2D eigenvalue weighted by Gasteiger charge is -2.31. The van der Waals surface area contributed by atoms with Crippen molar-refractivity contribution in [2.75, 3.05) is 13.2 Å². The van der Waals surface area contributed by atoms with Gasteiger partial charge in [-0.3, -0.25) is 0 Å². The summed E-state index contributed by atoms with van der Waals surface area (Å²) < 4.78 is 0. The third-order valence-corrected chi connectivity index (χ3v) is 4.65. The molecule has 2 aromatic rings. The number of hydrogen-bond acceptors (Lipinski definition) is 2. The highest BCUT2D eigenvalue weighted by molar-refractivity contribution is 6.42. The Bertz CT molecular complexity index is 625. The van der Waals surface area contributed by atoms with Crippen molar-refractivity contribution < 1.29 is 10.2 Å². The van der Waals surface area contributed by atoms with Crippen LogP contribution in [0.1, 0.15) is 11.1 Å². The zero-order chi connectivity index (χ0) is 15.5. The van der Waals surface area contributed by atoms with Crippen molar-refractivity contribution in [2.45, 2.75) is 11.8 Å². The average Bonchev–Trinajstić information content (AvgIpc) is 2.49. The zero-order valence-corrected chi connectivity index (χ0v) is 13.5. The van der Waals surface area contributed by atoms with Crippen LogP contribution >= 0.6 is 34.8 Å². The molecule has 0 saturated heterocycles. The van der Waals surface area contributed by atoms with Crippen molar-refractivity contribution in [3.05, 3.63) is 68.7 Å². The minimum Gasteiger partial charge on any atom is -0.395 e. The van der Waals surface area contributed by atoms with Crippen LogP contribution in [-0.4, -0.2) is 23.4 Å². The summed E-state index contributed by atoms with van der Waals surface area (Å²) in [4.78, 5) is 0. The van der Waals surface area contributed by atoms with Gasteiger partial charge in [-0.25, -0.2) is 0 Å². The molecule has 0 bridgehead atoms. The van der Waals surface area contributed by atoms with E-state index in [9.17, 15) is 10.2 Å². The Kier molecular flexibility index (Phi) is 5.53. The number of rotatable bonds is 5. The van der Waals surface area contributed by atoms with Crippen molar-refractivity contribution >= 4 is 34.8 Å². The average molecular weight is 346 g/mol. The molecule has 5 heteroatoms. The predicted octanol–water partition coefficient (Wildman–Crippen LogP) is 4.11. The van der Waals surface area contributed by atoms with Crippen LogP contribution in [0.2, 0.25) is 15.1 Å². The highest BCUT2D eigenvalue weighted by Crippen LogP contribution is 2.34. The molecule has 0 aliphatic heterocycles. The van der Waals surface area contributed by atoms with Gasteiger partial charge in [-0.05, 0) is 35.7 Å². The molecule has 0 aliphatic carbocycles. The third kappa shape index (κ3) is 3.53. The van der Waals surface area contributed by atoms with Crippen LogP contribution < -0.4 is 0 Å². The molecule has 2 N–H and O–H groups in total. The van der Waals surface area contributed by atoms with E-state index in [0.717, 1.165) is 5.56 Å². The number of hydrogen-bond donors (Lipinski definition) is 2. The highest BCUT2D eigenvalue weighted by Gasteiger charge is 2.33. The quantitative estimate of drug-likeness (QED) is 0.856. The summed E-state index contributed by atoms with van der Waals surface area (Å²) >= 11 is 18.2. The maximum atomic E-state index is 9.86. The van der Waals surface area contributed by atoms with Crippen LogP contribution in [0.15, 0.2) is 42.5 Å². The minimum absolute atomic E-state index is 0.229. The van der Waals surface area contributed by atoms with Crippen molar-refractivity contribution in [2.24, 2.45) is 0 Å². The van der Waals surface area contributed by atoms with Gasteiger partial charge in [-0.15, -0.1) is 0 Å². The lowest BCUT2D eigenvalue weighted by atomic mass is 9.77. The molecule has 21 heavy (non-hydrogen) atoms. The van der Waals surface area contributed by atoms with Gasteiger partial charge in [0.15, 0.2) is 0 Å². The molecule has 2 aromatic carbocycles. The molecule has 0 aliphatic rings. The van der Waals surface area contributed by atoms with Gasteiger partial charge in [0.2, 0.25) is 0 Å². The minimum atomic E-state index is -0.866. The Morgan fingerprint density at radius 2 is 1.48 bits per heavy atom. The van der Waals surface area contributed by atoms with Gasteiger partial charge >= 0.3 is 0 Å². The number of aliphatic hydroxyl groups excluding tert-OH is 2. The molecule has 0 amide bonds. The van der Waals surface area contributed by atoms with E-state index >= 15 is 0 Å². The number of benzene rings is 2. The SMILES string of the molecule is OCC(CO)(Cc1ccc(Cl)c(Cl)c1)c1ccccc1Cl. The second kappa shape index (κ2) is 6.99. The molecule has 0 aromatic heterocycles. The van der Waals surface area contributed by atoms with Crippen molar-refractivity contribution in [3.8, 4) is 0 Å². The normalized spacial score (nSPS) is 11.7. The molecule has 0 atom stereocenters. The molecule has 2 rings (SSSR count). The molecule has 0 fully saturated rings. The summed E-state index contributed by atoms with van der Waals surface area (Å²) in [6, 6.07) is 12.5. The molecule has 0 radical (unpaired) electrons. The first-order valence-corrected chi connectivity index (χ1v) is 7.56. The molecule has 0 saturated carbocycles. The van der Waals surface area contributed by atoms with Crippen LogP contribution in [0.25, 0.3) is 0 Å². The van der Waals surface area contributed by atoms with Gasteiger partial charge in [-0.1, -0.05) is 59.1 Å². The Hall–Kier alpha value is -0.770. The topological polar surface area (TPSA) is 40.5 Å². The standard InChI is InChI=1S/C16H15Cl3O2/c17-13-4-2-1-3-12(13)16(9-20,10-21)8-11-5-6-14(18)15(19)7-11/h1-7,20-21H,8-10H2. The van der Waals surface area contributed by atoms with Crippen molar-refractivity contribution in [3.63, 3.8) is 0 Å². The fourth-order valence-corrected chi connectivity index (χ4v) is 3.02. The number of halogens is 3. The van der Waals surface area contributed by atoms with E-state index in [1.807, 2.05) is 24.3 Å². The van der Waals surface area contributed by atoms with Crippen molar-refractivity contribution in [1.82, 2.24) is 0 Å². The lowest BCUT2D eigenvalue weighted by molar-refractivity contribution is 0.116. The molecule has 0 spiro atoms. The van der Waals surface area contributed by atoms with Gasteiger partial charge in [0.25, 0.3) is 0 Å². The molecule has 0 heterocycles. The molecule has 2 nitrogen and oxygen atoms in total. The predicted molar refractivity (Wildman–Crippen MR) is 87.5 cm³/mol. The Morgan fingerprint density at radius 1 is 0.810 bits per heavy atom. The fraction of sp³-hybridized carbons (Fsp3) is 0.250. The van der Waals surface area contributed by atoms with Gasteiger partial charge < -0.3 is 10.2 Å². The summed E-state index contributed by atoms with van der Waals surface area (Å²) in [5.74, 6) is 0. The van der Waals surface area contributed by atoms with Gasteiger partial charge in [-0.2, -0.15) is 0 Å². The monoisotopic (exact) mass is 344 g/mol. The Balaban J connectivity index is 2.43. The Labute approximate surface area is 138 Å². The molecular formula is C16H15Cl3O2. The van der Waals surface area contributed by atoms with E-state index in [-0.39, 0.29) is 13.2 Å². The molecule has 0 unspecified atom stereocenters. The fourth-order valence-electron chi connectivity index (χ4n) is 2.36. The van der Waals surface area contributed by atoms with E-state index in [1.54, 1.807) is 18.2 Å². The van der Waals surface area contributed by atoms with Crippen molar-refractivity contribution in [1.29, 1.82) is 0 Å². The zero-order valence-electron chi connectivity index (χ0n) is 11.2. The van der Waals surface area contributed by atoms with Crippen LogP contribution in [0, 0.1) is 0 Å². The maximum Gasteiger partial charge on any atom is 0.0595 e. The van der Waals surface area contributed by atoms with Gasteiger partial charge in [0, 0.05) is 10.4 Å². The van der Waals surface area contributed by atoms with Gasteiger partial charge in [0.1, 0.15) is 0 Å². The van der Waals surface area contributed by atoms with Crippen LogP contribution in [0.4, 0.5) is 0 Å². The van der Waals surface area contributed by atoms with Gasteiger partial charge in [0.05, 0.1) is 23.3 Å². The first-order chi connectivity index (χ1) is 10.0. The first-order valence-electron chi connectivity index (χ1n) is 6.43. The van der Waals surface area contributed by atoms with E-state index < -0.39 is 5.41 Å². The first kappa shape index (κ1) is 16.6. The molecule has 112 valence electrons. The van der Waals surface area contributed by atoms with E-state index in [0.29, 0.717) is 27.1 Å². The van der Waals surface area contributed by atoms with E-state index in [2.05, 4.69) is 0 Å². The van der Waals surface area contributed by atoms with Crippen LogP contribution in [0.3, 0.4) is 0 Å². The van der Waals surface area contributed by atoms with Crippen LogP contribution in [0.5, 0.6) is 0 Å². The Morgan fingerprint density at radius 3 is 2.05 bits per heavy atom. The summed E-state index contributed by atoms with van der Waals surface area (Å²) in [6.45, 7) is -0.457. The summed E-state index contributed by atoms with van der Waals surface area (Å²) in [5.41, 5.74) is 0.713. The summed E-state index contributed by atoms with van der Waals surface area (Å²) in [6.07, 6.45) is 0.403. The third-order valence-electron chi connectivity index (χ3n) is 3.58. The van der Waals surface area contributed by atoms with E-state index in [4.69, 9.17) is 34.8 Å². The second-order valence-electron chi connectivity index (χ2n) is 5.00. The van der Waals surface area contributed by atoms with Crippen LogP contribution in [-0.2, 0) is 11.8 Å². The highest BCUT2D eigenvalue weighted by atomic mass is 35.5. The maximum absolute atomic E-state index is 9.86. The van der Waals surface area contributed by atoms with E-state index in [1.165, 1.54) is 0 Å². The second-order valence-corrected chi connectivity index (χ2v) is 6.22. The smallest absolute Gasteiger partial charge is 0.0595 e. The lowest BCUT2D eigenvalue weighted by Crippen LogP contribution is -2.37. The summed E-state index contributed by atoms with van der Waals surface area (Å²) in [7, 11) is 0. The summed E-state index contributed by atoms with van der Waals surface area (Å²) in [5, 5.41) is 21.2.